The van der Waals surface area contributed by atoms with Gasteiger partial charge in [-0.3, -0.25) is 10.1 Å². The van der Waals surface area contributed by atoms with Gasteiger partial charge in [0, 0.05) is 39.3 Å². The van der Waals surface area contributed by atoms with E-state index in [9.17, 15) is 10.1 Å². The topological polar surface area (TPSA) is 61.6 Å². The average Bonchev–Trinajstić information content (AvgIpc) is 2.27. The molecule has 1 N–H and O–H groups in total. The molecule has 0 saturated heterocycles. The first-order valence-corrected chi connectivity index (χ1v) is 5.76. The number of rotatable bonds is 6. The molecule has 0 atom stereocenters. The van der Waals surface area contributed by atoms with Crippen LogP contribution in [0.4, 0.5) is 17.1 Å². The molecule has 0 fully saturated rings. The maximum atomic E-state index is 10.8. The lowest BCUT2D eigenvalue weighted by molar-refractivity contribution is -0.384. The van der Waals surface area contributed by atoms with Gasteiger partial charge in [0.05, 0.1) is 16.3 Å². The summed E-state index contributed by atoms with van der Waals surface area (Å²) in [6, 6.07) is 4.85. The molecule has 0 spiro atoms. The second-order valence-electron chi connectivity index (χ2n) is 4.58. The summed E-state index contributed by atoms with van der Waals surface area (Å²) >= 11 is 0. The third kappa shape index (κ3) is 3.89. The molecule has 1 rings (SSSR count). The standard InChI is InChI=1S/C12H20N4O2/c1-14(2)8-7-13-11-9-10(16(17)18)5-6-12(11)15(3)4/h5-6,9,13H,7-8H2,1-4H3. The lowest BCUT2D eigenvalue weighted by Gasteiger charge is -2.19. The van der Waals surface area contributed by atoms with Crippen LogP contribution in [0.3, 0.4) is 0 Å². The van der Waals surface area contributed by atoms with Crippen molar-refractivity contribution in [3.05, 3.63) is 28.3 Å². The summed E-state index contributed by atoms with van der Waals surface area (Å²) in [6.45, 7) is 1.62. The van der Waals surface area contributed by atoms with Crippen LogP contribution in [0, 0.1) is 10.1 Å². The van der Waals surface area contributed by atoms with Gasteiger partial charge in [-0.2, -0.15) is 0 Å². The molecular weight excluding hydrogens is 232 g/mol. The molecule has 0 saturated carbocycles. The summed E-state index contributed by atoms with van der Waals surface area (Å²) < 4.78 is 0. The molecule has 0 heterocycles. The number of nitrogens with one attached hydrogen (secondary N) is 1. The van der Waals surface area contributed by atoms with Gasteiger partial charge in [-0.15, -0.1) is 0 Å². The average molecular weight is 252 g/mol. The third-order valence-corrected chi connectivity index (χ3v) is 2.55. The Morgan fingerprint density at radius 1 is 1.28 bits per heavy atom. The number of hydrogen-bond acceptors (Lipinski definition) is 5. The molecular formula is C12H20N4O2. The molecule has 0 aliphatic rings. The van der Waals surface area contributed by atoms with Crippen LogP contribution in [0.2, 0.25) is 0 Å². The zero-order chi connectivity index (χ0) is 13.7. The number of benzene rings is 1. The van der Waals surface area contributed by atoms with Gasteiger partial charge in [-0.05, 0) is 20.2 Å². The zero-order valence-corrected chi connectivity index (χ0v) is 11.3. The maximum Gasteiger partial charge on any atom is 0.271 e. The minimum atomic E-state index is -0.378. The van der Waals surface area contributed by atoms with Crippen LogP contribution in [-0.2, 0) is 0 Å². The molecule has 6 nitrogen and oxygen atoms in total. The molecule has 0 radical (unpaired) electrons. The highest BCUT2D eigenvalue weighted by Crippen LogP contribution is 2.28. The SMILES string of the molecule is CN(C)CCNc1cc([N+](=O)[O-])ccc1N(C)C. The molecule has 0 aliphatic heterocycles. The van der Waals surface area contributed by atoms with E-state index < -0.39 is 0 Å². The van der Waals surface area contributed by atoms with E-state index in [4.69, 9.17) is 0 Å². The number of hydrogen-bond donors (Lipinski definition) is 1. The van der Waals surface area contributed by atoms with Gasteiger partial charge < -0.3 is 15.1 Å². The fourth-order valence-electron chi connectivity index (χ4n) is 1.58. The number of nitrogens with zero attached hydrogens (tertiary/aromatic N) is 3. The van der Waals surface area contributed by atoms with Crippen LogP contribution in [-0.4, -0.2) is 51.1 Å². The van der Waals surface area contributed by atoms with E-state index in [2.05, 4.69) is 10.2 Å². The first kappa shape index (κ1) is 14.2. The van der Waals surface area contributed by atoms with E-state index in [1.807, 2.05) is 33.1 Å². The molecule has 1 aromatic carbocycles. The predicted molar refractivity (Wildman–Crippen MR) is 74.5 cm³/mol. The number of nitro benzene ring substituents is 1. The fourth-order valence-corrected chi connectivity index (χ4v) is 1.58. The Bertz CT molecular complexity index is 419. The summed E-state index contributed by atoms with van der Waals surface area (Å²) in [7, 11) is 7.81. The van der Waals surface area contributed by atoms with E-state index in [1.165, 1.54) is 6.07 Å². The van der Waals surface area contributed by atoms with E-state index in [0.29, 0.717) is 0 Å². The van der Waals surface area contributed by atoms with Crippen molar-refractivity contribution in [2.45, 2.75) is 0 Å². The van der Waals surface area contributed by atoms with Gasteiger partial charge >= 0.3 is 0 Å². The van der Waals surface area contributed by atoms with Crippen molar-refractivity contribution in [1.82, 2.24) is 4.90 Å². The number of anilines is 2. The van der Waals surface area contributed by atoms with Crippen LogP contribution in [0.25, 0.3) is 0 Å². The van der Waals surface area contributed by atoms with Crippen LogP contribution in [0.15, 0.2) is 18.2 Å². The Morgan fingerprint density at radius 2 is 1.94 bits per heavy atom. The van der Waals surface area contributed by atoms with Gasteiger partial charge in [0.1, 0.15) is 0 Å². The Labute approximate surface area is 107 Å². The Hall–Kier alpha value is -1.82. The van der Waals surface area contributed by atoms with E-state index in [1.54, 1.807) is 12.1 Å². The van der Waals surface area contributed by atoms with Gasteiger partial charge in [0.2, 0.25) is 0 Å². The van der Waals surface area contributed by atoms with Crippen molar-refractivity contribution in [2.75, 3.05) is 51.5 Å². The smallest absolute Gasteiger partial charge is 0.271 e. The van der Waals surface area contributed by atoms with Crippen molar-refractivity contribution in [2.24, 2.45) is 0 Å². The van der Waals surface area contributed by atoms with Crippen LogP contribution >= 0.6 is 0 Å². The Kier molecular flexibility index (Phi) is 4.91. The first-order chi connectivity index (χ1) is 8.41. The Morgan fingerprint density at radius 3 is 2.44 bits per heavy atom. The van der Waals surface area contributed by atoms with Crippen molar-refractivity contribution >= 4 is 17.1 Å². The number of likely N-dealkylation sites (N-methyl/N-ethyl adjacent to an activating group) is 1. The minimum absolute atomic E-state index is 0.105. The van der Waals surface area contributed by atoms with E-state index >= 15 is 0 Å². The van der Waals surface area contributed by atoms with E-state index in [0.717, 1.165) is 24.5 Å². The molecule has 0 aromatic heterocycles. The largest absolute Gasteiger partial charge is 0.382 e. The monoisotopic (exact) mass is 252 g/mol. The second kappa shape index (κ2) is 6.20. The van der Waals surface area contributed by atoms with Crippen molar-refractivity contribution in [1.29, 1.82) is 0 Å². The van der Waals surface area contributed by atoms with E-state index in [-0.39, 0.29) is 10.6 Å². The third-order valence-electron chi connectivity index (χ3n) is 2.55. The summed E-state index contributed by atoms with van der Waals surface area (Å²) in [4.78, 5) is 14.4. The maximum absolute atomic E-state index is 10.8. The zero-order valence-electron chi connectivity index (χ0n) is 11.3. The fraction of sp³-hybridized carbons (Fsp3) is 0.500. The Balaban J connectivity index is 2.89. The van der Waals surface area contributed by atoms with Crippen LogP contribution < -0.4 is 10.2 Å². The molecule has 6 heteroatoms. The van der Waals surface area contributed by atoms with Crippen LogP contribution in [0.1, 0.15) is 0 Å². The minimum Gasteiger partial charge on any atom is -0.382 e. The van der Waals surface area contributed by atoms with Crippen LogP contribution in [0.5, 0.6) is 0 Å². The first-order valence-electron chi connectivity index (χ1n) is 5.76. The number of non-ortho nitro benzene ring substituents is 1. The van der Waals surface area contributed by atoms with Crippen molar-refractivity contribution in [3.63, 3.8) is 0 Å². The molecule has 0 unspecified atom stereocenters. The summed E-state index contributed by atoms with van der Waals surface area (Å²) in [5.41, 5.74) is 1.84. The molecule has 18 heavy (non-hydrogen) atoms. The quantitative estimate of drug-likeness (QED) is 0.616. The molecule has 0 bridgehead atoms. The van der Waals surface area contributed by atoms with Gasteiger partial charge in [-0.1, -0.05) is 0 Å². The lowest BCUT2D eigenvalue weighted by atomic mass is 10.2. The summed E-state index contributed by atoms with van der Waals surface area (Å²) in [5.74, 6) is 0. The van der Waals surface area contributed by atoms with Gasteiger partial charge in [-0.25, -0.2) is 0 Å². The summed E-state index contributed by atoms with van der Waals surface area (Å²) in [5, 5.41) is 14.0. The predicted octanol–water partition coefficient (Wildman–Crippen LogP) is 1.63. The molecule has 0 aliphatic carbocycles. The highest BCUT2D eigenvalue weighted by atomic mass is 16.6. The van der Waals surface area contributed by atoms with Crippen molar-refractivity contribution in [3.8, 4) is 0 Å². The molecule has 0 amide bonds. The second-order valence-corrected chi connectivity index (χ2v) is 4.58. The van der Waals surface area contributed by atoms with Gasteiger partial charge in [0.15, 0.2) is 0 Å². The molecule has 1 aromatic rings. The summed E-state index contributed by atoms with van der Waals surface area (Å²) in [6.07, 6.45) is 0. The number of nitro groups is 1. The lowest BCUT2D eigenvalue weighted by Crippen LogP contribution is -2.22. The normalized spacial score (nSPS) is 10.5. The van der Waals surface area contributed by atoms with Crippen molar-refractivity contribution < 1.29 is 4.92 Å². The molecule has 100 valence electrons. The highest BCUT2D eigenvalue weighted by molar-refractivity contribution is 5.72. The highest BCUT2D eigenvalue weighted by Gasteiger charge is 2.11. The van der Waals surface area contributed by atoms with Gasteiger partial charge in [0.25, 0.3) is 5.69 Å².